The smallest absolute Gasteiger partial charge is 0.329 e. The van der Waals surface area contributed by atoms with Crippen LogP contribution in [0, 0.1) is 10.1 Å². The van der Waals surface area contributed by atoms with Crippen molar-refractivity contribution in [1.82, 2.24) is 4.90 Å². The van der Waals surface area contributed by atoms with Crippen LogP contribution >= 0.6 is 11.8 Å². The average molecular weight is 380 g/mol. The fraction of sp³-hybridized carbons (Fsp3) is 0.312. The largest absolute Gasteiger partial charge is 0.496 e. The Morgan fingerprint density at radius 3 is 2.69 bits per heavy atom. The summed E-state index contributed by atoms with van der Waals surface area (Å²) in [5, 5.41) is 10.3. The number of nitro groups is 1. The number of ether oxygens (including phenoxy) is 2. The van der Waals surface area contributed by atoms with E-state index in [0.29, 0.717) is 17.5 Å². The predicted molar refractivity (Wildman–Crippen MR) is 93.6 cm³/mol. The maximum atomic E-state index is 12.5. The first-order chi connectivity index (χ1) is 12.3. The van der Waals surface area contributed by atoms with Gasteiger partial charge in [0.2, 0.25) is 0 Å². The van der Waals surface area contributed by atoms with E-state index in [9.17, 15) is 24.5 Å². The lowest BCUT2D eigenvalue weighted by atomic mass is 10.1. The first-order valence-electron chi connectivity index (χ1n) is 7.56. The average Bonchev–Trinajstić information content (AvgIpc) is 2.88. The van der Waals surface area contributed by atoms with Crippen molar-refractivity contribution in [3.8, 4) is 5.75 Å². The molecule has 0 N–H and O–H groups in total. The first kappa shape index (κ1) is 19.4. The number of esters is 1. The number of methoxy groups -OCH3 is 1. The third-order valence-corrected chi connectivity index (χ3v) is 4.43. The Bertz CT molecular complexity index is 806. The van der Waals surface area contributed by atoms with Gasteiger partial charge in [0.15, 0.2) is 0 Å². The predicted octanol–water partition coefficient (Wildman–Crippen LogP) is 2.59. The van der Waals surface area contributed by atoms with Crippen molar-refractivity contribution in [2.45, 2.75) is 19.9 Å². The third-order valence-electron chi connectivity index (χ3n) is 3.55. The van der Waals surface area contributed by atoms with Crippen molar-refractivity contribution in [1.29, 1.82) is 0 Å². The molecule has 1 fully saturated rings. The summed E-state index contributed by atoms with van der Waals surface area (Å²) in [7, 11) is 1.38. The van der Waals surface area contributed by atoms with Crippen molar-refractivity contribution >= 4 is 40.6 Å². The van der Waals surface area contributed by atoms with E-state index >= 15 is 0 Å². The molecule has 1 atom stereocenters. The molecular formula is C16H16N2O7S. The van der Waals surface area contributed by atoms with Gasteiger partial charge in [-0.2, -0.15) is 0 Å². The molecule has 2 rings (SSSR count). The highest BCUT2D eigenvalue weighted by atomic mass is 32.2. The molecule has 1 aliphatic heterocycles. The highest BCUT2D eigenvalue weighted by Crippen LogP contribution is 2.36. The standard InChI is InChI=1S/C16H16N2O7S/c1-4-25-15(20)9(2)17-14(19)13(26-16(17)21)8-10-7-11(18(22)23)5-6-12(10)24-3/h5-9H,4H2,1-3H3/b13-8+/t9-/m1/s1. The van der Waals surface area contributed by atoms with Crippen LogP contribution in [0.15, 0.2) is 23.1 Å². The van der Waals surface area contributed by atoms with Crippen LogP contribution in [0.5, 0.6) is 5.75 Å². The molecule has 2 amide bonds. The third kappa shape index (κ3) is 3.85. The Balaban J connectivity index is 2.37. The monoisotopic (exact) mass is 380 g/mol. The second-order valence-corrected chi connectivity index (χ2v) is 6.16. The molecule has 1 aromatic carbocycles. The van der Waals surface area contributed by atoms with E-state index in [-0.39, 0.29) is 22.8 Å². The van der Waals surface area contributed by atoms with Crippen LogP contribution in [0.2, 0.25) is 0 Å². The minimum absolute atomic E-state index is 0.0324. The van der Waals surface area contributed by atoms with Crippen LogP contribution in [0.4, 0.5) is 10.5 Å². The van der Waals surface area contributed by atoms with E-state index < -0.39 is 28.1 Å². The lowest BCUT2D eigenvalue weighted by Gasteiger charge is -2.19. The van der Waals surface area contributed by atoms with Gasteiger partial charge in [-0.15, -0.1) is 0 Å². The maximum absolute atomic E-state index is 12.5. The molecule has 0 unspecified atom stereocenters. The zero-order chi connectivity index (χ0) is 19.4. The summed E-state index contributed by atoms with van der Waals surface area (Å²) in [6.07, 6.45) is 1.33. The molecule has 138 valence electrons. The number of thioether (sulfide) groups is 1. The molecule has 10 heteroatoms. The van der Waals surface area contributed by atoms with Gasteiger partial charge >= 0.3 is 5.97 Å². The van der Waals surface area contributed by atoms with Gasteiger partial charge in [-0.25, -0.2) is 4.79 Å². The van der Waals surface area contributed by atoms with E-state index in [1.807, 2.05) is 0 Å². The molecule has 0 spiro atoms. The van der Waals surface area contributed by atoms with E-state index in [0.717, 1.165) is 4.90 Å². The molecule has 0 aliphatic carbocycles. The quantitative estimate of drug-likeness (QED) is 0.320. The van der Waals surface area contributed by atoms with Gasteiger partial charge in [0.25, 0.3) is 16.8 Å². The highest BCUT2D eigenvalue weighted by Gasteiger charge is 2.41. The molecule has 0 aromatic heterocycles. The van der Waals surface area contributed by atoms with Gasteiger partial charge in [0.05, 0.1) is 23.5 Å². The molecule has 0 saturated carbocycles. The van der Waals surface area contributed by atoms with E-state index in [1.165, 1.54) is 38.3 Å². The van der Waals surface area contributed by atoms with Crippen LogP contribution in [-0.4, -0.2) is 46.7 Å². The number of amides is 2. The summed E-state index contributed by atoms with van der Waals surface area (Å²) in [5.74, 6) is -1.06. The van der Waals surface area contributed by atoms with Crippen LogP contribution in [0.25, 0.3) is 6.08 Å². The fourth-order valence-electron chi connectivity index (χ4n) is 2.27. The van der Waals surface area contributed by atoms with Crippen molar-refractivity contribution in [2.75, 3.05) is 13.7 Å². The number of non-ortho nitro benzene ring substituents is 1. The Morgan fingerprint density at radius 2 is 2.12 bits per heavy atom. The normalized spacial score (nSPS) is 16.7. The zero-order valence-corrected chi connectivity index (χ0v) is 15.1. The number of rotatable bonds is 6. The zero-order valence-electron chi connectivity index (χ0n) is 14.3. The van der Waals surface area contributed by atoms with Gasteiger partial charge in [-0.05, 0) is 37.8 Å². The Hall–Kier alpha value is -2.88. The van der Waals surface area contributed by atoms with Crippen LogP contribution in [0.1, 0.15) is 19.4 Å². The van der Waals surface area contributed by atoms with Crippen LogP contribution in [-0.2, 0) is 14.3 Å². The summed E-state index contributed by atoms with van der Waals surface area (Å²) in [6.45, 7) is 3.14. The molecule has 0 radical (unpaired) electrons. The number of imide groups is 1. The van der Waals surface area contributed by atoms with Gasteiger partial charge < -0.3 is 9.47 Å². The molecule has 9 nitrogen and oxygen atoms in total. The highest BCUT2D eigenvalue weighted by molar-refractivity contribution is 8.18. The van der Waals surface area contributed by atoms with E-state index in [1.54, 1.807) is 6.92 Å². The van der Waals surface area contributed by atoms with E-state index in [2.05, 4.69) is 0 Å². The van der Waals surface area contributed by atoms with Crippen molar-refractivity contribution in [3.05, 3.63) is 38.8 Å². The topological polar surface area (TPSA) is 116 Å². The van der Waals surface area contributed by atoms with Crippen molar-refractivity contribution < 1.29 is 28.8 Å². The number of hydrogen-bond acceptors (Lipinski definition) is 8. The van der Waals surface area contributed by atoms with Crippen molar-refractivity contribution in [2.24, 2.45) is 0 Å². The lowest BCUT2D eigenvalue weighted by Crippen LogP contribution is -2.42. The minimum atomic E-state index is -1.07. The Labute approximate surface area is 153 Å². The molecule has 26 heavy (non-hydrogen) atoms. The summed E-state index contributed by atoms with van der Waals surface area (Å²) in [4.78, 5) is 47.7. The number of benzene rings is 1. The number of nitrogens with zero attached hydrogens (tertiary/aromatic N) is 2. The van der Waals surface area contributed by atoms with Crippen molar-refractivity contribution in [3.63, 3.8) is 0 Å². The van der Waals surface area contributed by atoms with Crippen LogP contribution in [0.3, 0.4) is 0 Å². The maximum Gasteiger partial charge on any atom is 0.329 e. The number of hydrogen-bond donors (Lipinski definition) is 0. The molecular weight excluding hydrogens is 364 g/mol. The van der Waals surface area contributed by atoms with Gasteiger partial charge in [-0.1, -0.05) is 0 Å². The molecule has 0 bridgehead atoms. The molecule has 1 saturated heterocycles. The van der Waals surface area contributed by atoms with E-state index in [4.69, 9.17) is 9.47 Å². The number of carbonyl (C=O) groups excluding carboxylic acids is 3. The minimum Gasteiger partial charge on any atom is -0.496 e. The molecule has 1 heterocycles. The molecule has 1 aliphatic rings. The number of carbonyl (C=O) groups is 3. The summed E-state index contributed by atoms with van der Waals surface area (Å²) in [6, 6.07) is 2.84. The van der Waals surface area contributed by atoms with Gasteiger partial charge in [0.1, 0.15) is 11.8 Å². The fourth-order valence-corrected chi connectivity index (χ4v) is 3.17. The SMILES string of the molecule is CCOC(=O)[C@@H](C)N1C(=O)S/C(=C/c2cc([N+](=O)[O-])ccc2OC)C1=O. The van der Waals surface area contributed by atoms with Gasteiger partial charge in [-0.3, -0.25) is 24.6 Å². The van der Waals surface area contributed by atoms with Gasteiger partial charge in [0, 0.05) is 17.7 Å². The Kier molecular flexibility index (Phi) is 5.98. The molecule has 1 aromatic rings. The summed E-state index contributed by atoms with van der Waals surface area (Å²) in [5.41, 5.74) is 0.0900. The summed E-state index contributed by atoms with van der Waals surface area (Å²) < 4.78 is 9.97. The lowest BCUT2D eigenvalue weighted by molar-refractivity contribution is -0.384. The number of nitro benzene ring substituents is 1. The Morgan fingerprint density at radius 1 is 1.42 bits per heavy atom. The van der Waals surface area contributed by atoms with Crippen LogP contribution < -0.4 is 4.74 Å². The first-order valence-corrected chi connectivity index (χ1v) is 8.37. The summed E-state index contributed by atoms with van der Waals surface area (Å²) >= 11 is 0.639. The second kappa shape index (κ2) is 8.00. The second-order valence-electron chi connectivity index (χ2n) is 5.16.